The highest BCUT2D eigenvalue weighted by Crippen LogP contribution is 2.29. The lowest BCUT2D eigenvalue weighted by Crippen LogP contribution is -2.31. The Balaban J connectivity index is 1.37. The molecule has 0 saturated carbocycles. The molecule has 0 aliphatic rings. The van der Waals surface area contributed by atoms with Crippen molar-refractivity contribution in [3.8, 4) is 11.5 Å². The summed E-state index contributed by atoms with van der Waals surface area (Å²) in [6.45, 7) is 6.06. The largest absolute Gasteiger partial charge is 0.493 e. The van der Waals surface area contributed by atoms with Crippen molar-refractivity contribution in [3.05, 3.63) is 70.7 Å². The number of methoxy groups -OCH3 is 1. The van der Waals surface area contributed by atoms with Crippen LogP contribution in [0.5, 0.6) is 11.5 Å². The molecule has 0 aliphatic carbocycles. The molecule has 41 heavy (non-hydrogen) atoms. The first-order valence-corrected chi connectivity index (χ1v) is 16.6. The number of ether oxygens (including phenoxy) is 2. The SMILES string of the molecule is CCCCCCCCCCCCCCOc1ccc(CCN(C(C)=O)c2ccc(C[n+]3ccsc3)cc2)cc1OC. The zero-order valence-electron chi connectivity index (χ0n) is 25.6. The molecular formula is C35H51N2O3S+. The van der Waals surface area contributed by atoms with Crippen LogP contribution in [0.1, 0.15) is 102 Å². The summed E-state index contributed by atoms with van der Waals surface area (Å²) < 4.78 is 13.9. The molecule has 0 bridgehead atoms. The number of hydrogen-bond acceptors (Lipinski definition) is 4. The molecule has 0 N–H and O–H groups in total. The fourth-order valence-electron chi connectivity index (χ4n) is 5.17. The minimum atomic E-state index is 0.0410. The van der Waals surface area contributed by atoms with Crippen LogP contribution in [0, 0.1) is 0 Å². The quantitative estimate of drug-likeness (QED) is 0.0936. The fraction of sp³-hybridized carbons (Fsp3) is 0.543. The molecule has 6 heteroatoms. The van der Waals surface area contributed by atoms with E-state index in [0.717, 1.165) is 42.1 Å². The number of benzene rings is 2. The van der Waals surface area contributed by atoms with Gasteiger partial charge in [-0.15, -0.1) is 0 Å². The van der Waals surface area contributed by atoms with E-state index in [1.54, 1.807) is 25.4 Å². The second-order valence-electron chi connectivity index (χ2n) is 11.0. The highest BCUT2D eigenvalue weighted by molar-refractivity contribution is 7.07. The Hall–Kier alpha value is -2.86. The van der Waals surface area contributed by atoms with Crippen molar-refractivity contribution >= 4 is 22.9 Å². The molecule has 0 fully saturated rings. The van der Waals surface area contributed by atoms with Crippen LogP contribution < -0.4 is 18.9 Å². The van der Waals surface area contributed by atoms with Crippen LogP contribution in [0.4, 0.5) is 5.69 Å². The molecular weight excluding hydrogens is 528 g/mol. The first-order valence-electron chi connectivity index (χ1n) is 15.7. The van der Waals surface area contributed by atoms with E-state index in [1.807, 2.05) is 29.2 Å². The van der Waals surface area contributed by atoms with Crippen LogP contribution in [-0.2, 0) is 17.8 Å². The number of nitrogens with zero attached hydrogens (tertiary/aromatic N) is 2. The molecule has 224 valence electrons. The molecule has 5 nitrogen and oxygen atoms in total. The Labute approximate surface area is 252 Å². The van der Waals surface area contributed by atoms with Crippen LogP contribution in [0.2, 0.25) is 0 Å². The Morgan fingerprint density at radius 3 is 2.05 bits per heavy atom. The summed E-state index contributed by atoms with van der Waals surface area (Å²) in [5.74, 6) is 1.59. The number of rotatable bonds is 21. The average molecular weight is 580 g/mol. The van der Waals surface area contributed by atoms with Crippen LogP contribution in [0.15, 0.2) is 59.6 Å². The van der Waals surface area contributed by atoms with Crippen molar-refractivity contribution in [2.24, 2.45) is 0 Å². The smallest absolute Gasteiger partial charge is 0.224 e. The molecule has 0 spiro atoms. The summed E-state index contributed by atoms with van der Waals surface area (Å²) in [5, 5.41) is 2.07. The standard InChI is InChI=1S/C35H51N2O3S/c1-4-5-6-7-8-9-10-11-12-13-14-15-25-40-34-21-18-31(27-35(34)39-3)22-23-37(30(2)38)33-19-16-32(17-20-33)28-36-24-26-41-29-36/h16-21,24,26-27,29H,4-15,22-23,25,28H2,1-3H3/q+1. The van der Waals surface area contributed by atoms with Crippen LogP contribution in [-0.4, -0.2) is 26.2 Å². The van der Waals surface area contributed by atoms with Gasteiger partial charge < -0.3 is 14.4 Å². The number of amides is 1. The highest BCUT2D eigenvalue weighted by Gasteiger charge is 2.14. The van der Waals surface area contributed by atoms with E-state index in [0.29, 0.717) is 13.2 Å². The molecule has 2 aromatic carbocycles. The highest BCUT2D eigenvalue weighted by atomic mass is 32.1. The van der Waals surface area contributed by atoms with Crippen molar-refractivity contribution in [2.45, 2.75) is 104 Å². The molecule has 1 amide bonds. The molecule has 0 radical (unpaired) electrons. The van der Waals surface area contributed by atoms with Gasteiger partial charge in [0.2, 0.25) is 11.4 Å². The molecule has 0 saturated heterocycles. The lowest BCUT2D eigenvalue weighted by atomic mass is 10.1. The monoisotopic (exact) mass is 579 g/mol. The number of carbonyl (C=O) groups is 1. The van der Waals surface area contributed by atoms with Gasteiger partial charge in [-0.2, -0.15) is 4.57 Å². The van der Waals surface area contributed by atoms with Gasteiger partial charge in [0, 0.05) is 24.7 Å². The van der Waals surface area contributed by atoms with Gasteiger partial charge in [-0.05, 0) is 42.7 Å². The Morgan fingerprint density at radius 2 is 1.46 bits per heavy atom. The fourth-order valence-corrected chi connectivity index (χ4v) is 5.76. The van der Waals surface area contributed by atoms with E-state index in [9.17, 15) is 4.79 Å². The average Bonchev–Trinajstić information content (AvgIpc) is 3.49. The van der Waals surface area contributed by atoms with Crippen LogP contribution in [0.3, 0.4) is 0 Å². The third-order valence-electron chi connectivity index (χ3n) is 7.63. The number of aromatic nitrogens is 1. The number of unbranched alkanes of at least 4 members (excludes halogenated alkanes) is 11. The van der Waals surface area contributed by atoms with Gasteiger partial charge in [0.1, 0.15) is 0 Å². The molecule has 0 aliphatic heterocycles. The number of anilines is 1. The summed E-state index contributed by atoms with van der Waals surface area (Å²) in [5.41, 5.74) is 5.35. The first kappa shape index (κ1) is 32.7. The predicted octanol–water partition coefficient (Wildman–Crippen LogP) is 8.77. The summed E-state index contributed by atoms with van der Waals surface area (Å²) in [6.07, 6.45) is 18.8. The number of thiazole rings is 1. The van der Waals surface area contributed by atoms with Crippen molar-refractivity contribution < 1.29 is 18.8 Å². The topological polar surface area (TPSA) is 42.7 Å². The van der Waals surface area contributed by atoms with E-state index in [2.05, 4.69) is 46.8 Å². The maximum Gasteiger partial charge on any atom is 0.224 e. The first-order chi connectivity index (χ1) is 20.1. The zero-order chi connectivity index (χ0) is 29.1. The molecule has 3 rings (SSSR count). The van der Waals surface area contributed by atoms with Gasteiger partial charge in [-0.25, -0.2) is 0 Å². The van der Waals surface area contributed by atoms with Crippen molar-refractivity contribution in [3.63, 3.8) is 0 Å². The second kappa shape index (κ2) is 19.3. The Bertz CT molecular complexity index is 1110. The molecule has 0 unspecified atom stereocenters. The lowest BCUT2D eigenvalue weighted by molar-refractivity contribution is -0.683. The minimum Gasteiger partial charge on any atom is -0.493 e. The second-order valence-corrected chi connectivity index (χ2v) is 11.8. The van der Waals surface area contributed by atoms with E-state index in [4.69, 9.17) is 9.47 Å². The maximum atomic E-state index is 12.5. The van der Waals surface area contributed by atoms with E-state index < -0.39 is 0 Å². The van der Waals surface area contributed by atoms with Gasteiger partial charge in [0.05, 0.1) is 19.1 Å². The summed E-state index contributed by atoms with van der Waals surface area (Å²) in [4.78, 5) is 14.3. The zero-order valence-corrected chi connectivity index (χ0v) is 26.4. The van der Waals surface area contributed by atoms with Crippen LogP contribution >= 0.6 is 11.3 Å². The lowest BCUT2D eigenvalue weighted by Gasteiger charge is -2.22. The summed E-state index contributed by atoms with van der Waals surface area (Å²) in [6, 6.07) is 14.4. The van der Waals surface area contributed by atoms with Crippen molar-refractivity contribution in [1.82, 2.24) is 0 Å². The summed E-state index contributed by atoms with van der Waals surface area (Å²) in [7, 11) is 1.69. The van der Waals surface area contributed by atoms with Crippen molar-refractivity contribution in [1.29, 1.82) is 0 Å². The Morgan fingerprint density at radius 1 is 0.829 bits per heavy atom. The third kappa shape index (κ3) is 12.3. The molecule has 0 atom stereocenters. The van der Waals surface area contributed by atoms with Gasteiger partial charge in [-0.3, -0.25) is 4.79 Å². The van der Waals surface area contributed by atoms with Gasteiger partial charge in [0.15, 0.2) is 24.2 Å². The number of hydrogen-bond donors (Lipinski definition) is 0. The van der Waals surface area contributed by atoms with Gasteiger partial charge in [0.25, 0.3) is 0 Å². The van der Waals surface area contributed by atoms with E-state index in [-0.39, 0.29) is 5.91 Å². The van der Waals surface area contributed by atoms with Gasteiger partial charge in [-0.1, -0.05) is 107 Å². The van der Waals surface area contributed by atoms with E-state index >= 15 is 0 Å². The summed E-state index contributed by atoms with van der Waals surface area (Å²) >= 11 is 1.68. The minimum absolute atomic E-state index is 0.0410. The molecule has 3 aromatic rings. The predicted molar refractivity (Wildman–Crippen MR) is 171 cm³/mol. The van der Waals surface area contributed by atoms with E-state index in [1.165, 1.54) is 76.2 Å². The molecule has 1 aromatic heterocycles. The Kier molecular flexibility index (Phi) is 15.4. The number of carbonyl (C=O) groups excluding carboxylic acids is 1. The van der Waals surface area contributed by atoms with Gasteiger partial charge >= 0.3 is 0 Å². The molecule has 1 heterocycles. The third-order valence-corrected chi connectivity index (χ3v) is 8.30. The normalized spacial score (nSPS) is 11.0. The maximum absolute atomic E-state index is 12.5. The van der Waals surface area contributed by atoms with Crippen LogP contribution in [0.25, 0.3) is 0 Å². The van der Waals surface area contributed by atoms with Crippen molar-refractivity contribution in [2.75, 3.05) is 25.2 Å².